The molecular weight excluding hydrogens is 461 g/mol. The van der Waals surface area contributed by atoms with Gasteiger partial charge in [0.15, 0.2) is 0 Å². The fraction of sp³-hybridized carbons (Fsp3) is 0. The van der Waals surface area contributed by atoms with Crippen molar-refractivity contribution < 1.29 is 13.3 Å². The van der Waals surface area contributed by atoms with Gasteiger partial charge in [-0.3, -0.25) is 10.1 Å². The molecule has 0 atom stereocenters. The predicted molar refractivity (Wildman–Crippen MR) is 110 cm³/mol. The summed E-state index contributed by atoms with van der Waals surface area (Å²) in [6.07, 6.45) is 0. The molecule has 2 aromatic heterocycles. The number of halogens is 2. The highest BCUT2D eigenvalue weighted by Gasteiger charge is 2.23. The van der Waals surface area contributed by atoms with E-state index in [-0.39, 0.29) is 15.9 Å². The molecule has 2 aromatic carbocycles. The first kappa shape index (κ1) is 19.6. The van der Waals surface area contributed by atoms with Gasteiger partial charge in [-0.25, -0.2) is 17.7 Å². The number of fused-ring (bicyclic) bond motifs is 1. The van der Waals surface area contributed by atoms with E-state index < -0.39 is 20.6 Å². The summed E-state index contributed by atoms with van der Waals surface area (Å²) < 4.78 is 28.9. The Balaban J connectivity index is 1.68. The third-order valence-electron chi connectivity index (χ3n) is 3.87. The number of aromatic nitrogens is 3. The Morgan fingerprint density at radius 2 is 1.86 bits per heavy atom. The lowest BCUT2D eigenvalue weighted by atomic mass is 10.2. The van der Waals surface area contributed by atoms with Crippen molar-refractivity contribution in [2.75, 3.05) is 4.72 Å². The van der Waals surface area contributed by atoms with Crippen molar-refractivity contribution in [2.45, 2.75) is 4.90 Å². The van der Waals surface area contributed by atoms with Crippen LogP contribution in [-0.4, -0.2) is 27.9 Å². The van der Waals surface area contributed by atoms with Crippen LogP contribution < -0.4 is 4.72 Å². The number of hydrogen-bond acceptors (Lipinski definition) is 7. The highest BCUT2D eigenvalue weighted by atomic mass is 35.5. The molecule has 0 aliphatic rings. The number of sulfonamides is 1. The van der Waals surface area contributed by atoms with Crippen molar-refractivity contribution in [1.82, 2.24) is 14.6 Å². The molecule has 4 rings (SSSR count). The summed E-state index contributed by atoms with van der Waals surface area (Å²) in [6.45, 7) is 0. The van der Waals surface area contributed by atoms with Crippen LogP contribution in [0.4, 0.5) is 11.6 Å². The third kappa shape index (κ3) is 3.77. The van der Waals surface area contributed by atoms with Crippen molar-refractivity contribution >= 4 is 61.2 Å². The summed E-state index contributed by atoms with van der Waals surface area (Å²) >= 11 is 12.9. The first-order valence-electron chi connectivity index (χ1n) is 7.81. The number of rotatable bonds is 5. The SMILES string of the molecule is O=[N+]([O-])c1cc(S(=O)(=O)Nc2nc3scc(-c4ccc(Cl)cc4)n3n2)ccc1Cl. The minimum absolute atomic E-state index is 0.162. The molecule has 0 unspecified atom stereocenters. The summed E-state index contributed by atoms with van der Waals surface area (Å²) in [5.41, 5.74) is 1.02. The number of thiazole rings is 1. The summed E-state index contributed by atoms with van der Waals surface area (Å²) in [4.78, 5) is 14.5. The van der Waals surface area contributed by atoms with E-state index in [1.165, 1.54) is 15.9 Å². The van der Waals surface area contributed by atoms with Crippen molar-refractivity contribution in [3.63, 3.8) is 0 Å². The van der Waals surface area contributed by atoms with Crippen LogP contribution in [0, 0.1) is 10.1 Å². The molecule has 0 aliphatic heterocycles. The van der Waals surface area contributed by atoms with Crippen LogP contribution in [0.1, 0.15) is 0 Å². The molecule has 9 nitrogen and oxygen atoms in total. The van der Waals surface area contributed by atoms with Gasteiger partial charge in [-0.2, -0.15) is 4.98 Å². The summed E-state index contributed by atoms with van der Waals surface area (Å²) in [6, 6.07) is 10.3. The van der Waals surface area contributed by atoms with Crippen LogP contribution >= 0.6 is 34.5 Å². The first-order valence-corrected chi connectivity index (χ1v) is 10.9. The number of nitro groups is 1. The number of nitro benzene ring substituents is 1. The Morgan fingerprint density at radius 1 is 1.14 bits per heavy atom. The quantitative estimate of drug-likeness (QED) is 0.340. The van der Waals surface area contributed by atoms with Crippen molar-refractivity contribution in [3.05, 3.63) is 68.0 Å². The van der Waals surface area contributed by atoms with Gasteiger partial charge in [0, 0.05) is 22.0 Å². The Bertz CT molecular complexity index is 1350. The van der Waals surface area contributed by atoms with E-state index in [0.717, 1.165) is 23.8 Å². The predicted octanol–water partition coefficient (Wildman–Crippen LogP) is 4.47. The molecule has 4 aromatic rings. The molecule has 0 bridgehead atoms. The van der Waals surface area contributed by atoms with E-state index in [9.17, 15) is 18.5 Å². The largest absolute Gasteiger partial charge is 0.289 e. The average Bonchev–Trinajstić information content (AvgIpc) is 3.22. The highest BCUT2D eigenvalue weighted by molar-refractivity contribution is 7.92. The Morgan fingerprint density at radius 3 is 2.55 bits per heavy atom. The third-order valence-corrected chi connectivity index (χ3v) is 6.59. The van der Waals surface area contributed by atoms with E-state index in [2.05, 4.69) is 14.8 Å². The highest BCUT2D eigenvalue weighted by Crippen LogP contribution is 2.29. The molecule has 1 N–H and O–H groups in total. The maximum atomic E-state index is 12.6. The normalized spacial score (nSPS) is 11.7. The summed E-state index contributed by atoms with van der Waals surface area (Å²) in [5, 5.41) is 17.5. The minimum Gasteiger partial charge on any atom is -0.258 e. The van der Waals surface area contributed by atoms with E-state index >= 15 is 0 Å². The van der Waals surface area contributed by atoms with Crippen LogP contribution in [0.3, 0.4) is 0 Å². The number of nitrogens with zero attached hydrogens (tertiary/aromatic N) is 4. The maximum Gasteiger partial charge on any atom is 0.289 e. The van der Waals surface area contributed by atoms with Gasteiger partial charge in [0.1, 0.15) is 5.02 Å². The molecule has 0 fully saturated rings. The second kappa shape index (κ2) is 7.26. The zero-order valence-corrected chi connectivity index (χ0v) is 17.3. The zero-order chi connectivity index (χ0) is 20.8. The number of hydrogen-bond donors (Lipinski definition) is 1. The second-order valence-corrected chi connectivity index (χ2v) is 9.10. The first-order chi connectivity index (χ1) is 13.7. The lowest BCUT2D eigenvalue weighted by Crippen LogP contribution is -2.14. The van der Waals surface area contributed by atoms with Crippen molar-refractivity contribution in [1.29, 1.82) is 0 Å². The lowest BCUT2D eigenvalue weighted by Gasteiger charge is -2.05. The summed E-state index contributed by atoms with van der Waals surface area (Å²) in [5.74, 6) is -0.162. The second-order valence-electron chi connectivity index (χ2n) is 5.73. The number of nitrogens with one attached hydrogen (secondary N) is 1. The number of anilines is 1. The topological polar surface area (TPSA) is 120 Å². The fourth-order valence-electron chi connectivity index (χ4n) is 2.52. The van der Waals surface area contributed by atoms with Crippen LogP contribution in [0.25, 0.3) is 16.2 Å². The molecule has 0 spiro atoms. The van der Waals surface area contributed by atoms with Gasteiger partial charge in [0.25, 0.3) is 21.7 Å². The zero-order valence-electron chi connectivity index (χ0n) is 14.1. The van der Waals surface area contributed by atoms with Gasteiger partial charge < -0.3 is 0 Å². The van der Waals surface area contributed by atoms with Crippen LogP contribution in [-0.2, 0) is 10.0 Å². The van der Waals surface area contributed by atoms with Gasteiger partial charge in [-0.05, 0) is 24.3 Å². The van der Waals surface area contributed by atoms with E-state index in [0.29, 0.717) is 15.7 Å². The van der Waals surface area contributed by atoms with Gasteiger partial charge >= 0.3 is 0 Å². The standard InChI is InChI=1S/C16H9Cl2N5O4S2/c17-10-3-1-9(2-4-10)14-8-28-16-19-15(20-22(14)16)21-29(26,27)11-5-6-12(18)13(7-11)23(24)25/h1-8H,(H,20,21). The van der Waals surface area contributed by atoms with Crippen LogP contribution in [0.2, 0.25) is 10.0 Å². The minimum atomic E-state index is -4.16. The van der Waals surface area contributed by atoms with Crippen molar-refractivity contribution in [2.24, 2.45) is 0 Å². The Hall–Kier alpha value is -2.73. The van der Waals surface area contributed by atoms with E-state index in [4.69, 9.17) is 23.2 Å². The molecule has 0 radical (unpaired) electrons. The molecule has 148 valence electrons. The average molecular weight is 470 g/mol. The molecule has 0 saturated carbocycles. The molecule has 13 heteroatoms. The van der Waals surface area contributed by atoms with Gasteiger partial charge in [0.05, 0.1) is 15.5 Å². The molecule has 0 aliphatic carbocycles. The Labute approximate surface area is 177 Å². The van der Waals surface area contributed by atoms with E-state index in [1.54, 1.807) is 12.1 Å². The van der Waals surface area contributed by atoms with Gasteiger partial charge in [0.2, 0.25) is 4.96 Å². The van der Waals surface area contributed by atoms with Gasteiger partial charge in [-0.1, -0.05) is 35.3 Å². The fourth-order valence-corrected chi connectivity index (χ4v) is 4.62. The maximum absolute atomic E-state index is 12.6. The van der Waals surface area contributed by atoms with Gasteiger partial charge in [-0.15, -0.1) is 16.4 Å². The number of benzene rings is 2. The van der Waals surface area contributed by atoms with Crippen molar-refractivity contribution in [3.8, 4) is 11.3 Å². The summed E-state index contributed by atoms with van der Waals surface area (Å²) in [7, 11) is -4.16. The molecular formula is C16H9Cl2N5O4S2. The molecule has 0 saturated heterocycles. The molecule has 29 heavy (non-hydrogen) atoms. The molecule has 0 amide bonds. The smallest absolute Gasteiger partial charge is 0.258 e. The monoisotopic (exact) mass is 469 g/mol. The van der Waals surface area contributed by atoms with Crippen LogP contribution in [0.15, 0.2) is 52.7 Å². The molecule has 2 heterocycles. The van der Waals surface area contributed by atoms with E-state index in [1.807, 2.05) is 17.5 Å². The van der Waals surface area contributed by atoms with Crippen LogP contribution in [0.5, 0.6) is 0 Å². The Kier molecular flexibility index (Phi) is 4.90. The lowest BCUT2D eigenvalue weighted by molar-refractivity contribution is -0.384.